The van der Waals surface area contributed by atoms with E-state index in [1.54, 1.807) is 0 Å². The second-order valence-corrected chi connectivity index (χ2v) is 6.93. The lowest BCUT2D eigenvalue weighted by atomic mass is 10.1. The Morgan fingerprint density at radius 2 is 1.46 bits per heavy atom. The smallest absolute Gasteiger partial charge is 0.416 e. The number of nitrogens with zero attached hydrogens (tertiary/aromatic N) is 1. The lowest BCUT2D eigenvalue weighted by Gasteiger charge is -2.17. The van der Waals surface area contributed by atoms with Crippen LogP contribution in [0.4, 0.5) is 13.2 Å². The average molecular weight is 401 g/mol. The fourth-order valence-corrected chi connectivity index (χ4v) is 2.76. The maximum atomic E-state index is 12.6. The molecule has 1 aromatic carbocycles. The average Bonchev–Trinajstić information content (AvgIpc) is 2.65. The van der Waals surface area contributed by atoms with Crippen LogP contribution in [0.3, 0.4) is 0 Å². The van der Waals surface area contributed by atoms with Crippen molar-refractivity contribution in [1.82, 2.24) is 4.90 Å². The van der Waals surface area contributed by atoms with Gasteiger partial charge in [-0.15, -0.1) is 0 Å². The molecule has 0 spiro atoms. The highest BCUT2D eigenvalue weighted by atomic mass is 19.4. The molecule has 4 nitrogen and oxygen atoms in total. The third-order valence-corrected chi connectivity index (χ3v) is 4.43. The van der Waals surface area contributed by atoms with E-state index in [-0.39, 0.29) is 12.1 Å². The van der Waals surface area contributed by atoms with E-state index in [1.807, 2.05) is 0 Å². The van der Waals surface area contributed by atoms with Gasteiger partial charge in [-0.2, -0.15) is 13.2 Å². The van der Waals surface area contributed by atoms with Crippen LogP contribution in [0.25, 0.3) is 0 Å². The van der Waals surface area contributed by atoms with Crippen molar-refractivity contribution in [3.05, 3.63) is 35.4 Å². The van der Waals surface area contributed by atoms with E-state index >= 15 is 0 Å². The minimum Gasteiger partial charge on any atom is -0.464 e. The number of alkyl halides is 3. The number of carbonyl (C=O) groups is 2. The number of unbranched alkanes of at least 4 members (excludes halogenated alkanes) is 7. The van der Waals surface area contributed by atoms with Crippen LogP contribution in [0.1, 0.15) is 74.2 Å². The van der Waals surface area contributed by atoms with Gasteiger partial charge < -0.3 is 9.64 Å². The fraction of sp³-hybridized carbons (Fsp3) is 0.619. The number of likely N-dealkylation sites (N-methyl/N-ethyl adjacent to an activating group) is 1. The van der Waals surface area contributed by atoms with Gasteiger partial charge in [-0.25, -0.2) is 0 Å². The predicted octanol–water partition coefficient (Wildman–Crippen LogP) is 5.46. The van der Waals surface area contributed by atoms with Crippen LogP contribution >= 0.6 is 0 Å². The zero-order valence-corrected chi connectivity index (χ0v) is 16.7. The number of halogens is 3. The number of carbonyl (C=O) groups excluding carboxylic acids is 2. The van der Waals surface area contributed by atoms with Crippen LogP contribution in [0.15, 0.2) is 24.3 Å². The topological polar surface area (TPSA) is 46.6 Å². The van der Waals surface area contributed by atoms with Crippen LogP contribution < -0.4 is 0 Å². The van der Waals surface area contributed by atoms with Crippen molar-refractivity contribution in [2.75, 3.05) is 20.2 Å². The van der Waals surface area contributed by atoms with Crippen molar-refractivity contribution in [2.45, 2.75) is 64.5 Å². The molecule has 1 rings (SSSR count). The van der Waals surface area contributed by atoms with Crippen LogP contribution in [-0.4, -0.2) is 37.0 Å². The summed E-state index contributed by atoms with van der Waals surface area (Å²) in [6.07, 6.45) is 4.66. The van der Waals surface area contributed by atoms with Gasteiger partial charge in [0.05, 0.1) is 12.2 Å². The number of esters is 1. The molecule has 158 valence electrons. The van der Waals surface area contributed by atoms with Crippen LogP contribution in [0, 0.1) is 0 Å². The third-order valence-electron chi connectivity index (χ3n) is 4.43. The van der Waals surface area contributed by atoms with Gasteiger partial charge in [-0.1, -0.05) is 51.9 Å². The second-order valence-electron chi connectivity index (χ2n) is 6.93. The molecule has 1 amide bonds. The monoisotopic (exact) mass is 401 g/mol. The Balaban J connectivity index is 2.25. The molecule has 7 heteroatoms. The largest absolute Gasteiger partial charge is 0.464 e. The van der Waals surface area contributed by atoms with Crippen LogP contribution in [0.5, 0.6) is 0 Å². The number of rotatable bonds is 12. The number of hydrogen-bond acceptors (Lipinski definition) is 3. The molecule has 0 N–H and O–H groups in total. The molecule has 28 heavy (non-hydrogen) atoms. The molecule has 0 atom stereocenters. The summed E-state index contributed by atoms with van der Waals surface area (Å²) in [5.74, 6) is -1.05. The highest BCUT2D eigenvalue weighted by Gasteiger charge is 2.30. The number of amides is 1. The molecule has 0 aliphatic carbocycles. The van der Waals surface area contributed by atoms with Gasteiger partial charge in [0.25, 0.3) is 5.91 Å². The molecule has 0 bridgehead atoms. The molecule has 0 saturated heterocycles. The first kappa shape index (κ1) is 24.0. The van der Waals surface area contributed by atoms with E-state index in [1.165, 1.54) is 39.2 Å². The Morgan fingerprint density at radius 1 is 0.929 bits per heavy atom. The Morgan fingerprint density at radius 3 is 2.00 bits per heavy atom. The summed E-state index contributed by atoms with van der Waals surface area (Å²) < 4.78 is 42.8. The maximum absolute atomic E-state index is 12.6. The highest BCUT2D eigenvalue weighted by Crippen LogP contribution is 2.29. The van der Waals surface area contributed by atoms with Crippen LogP contribution in [0.2, 0.25) is 0 Å². The summed E-state index contributed by atoms with van der Waals surface area (Å²) in [6.45, 7) is 2.26. The third kappa shape index (κ3) is 9.24. The summed E-state index contributed by atoms with van der Waals surface area (Å²) in [5.41, 5.74) is -0.733. The van der Waals surface area contributed by atoms with Gasteiger partial charge >= 0.3 is 12.1 Å². The van der Waals surface area contributed by atoms with Gasteiger partial charge in [0.2, 0.25) is 0 Å². The first-order valence-corrected chi connectivity index (χ1v) is 9.84. The van der Waals surface area contributed by atoms with Gasteiger partial charge in [0.15, 0.2) is 0 Å². The normalized spacial score (nSPS) is 11.3. The van der Waals surface area contributed by atoms with E-state index in [0.29, 0.717) is 6.61 Å². The first-order valence-electron chi connectivity index (χ1n) is 9.84. The zero-order valence-electron chi connectivity index (χ0n) is 16.7. The second kappa shape index (κ2) is 12.4. The Labute approximate surface area is 165 Å². The van der Waals surface area contributed by atoms with Gasteiger partial charge in [-0.3, -0.25) is 9.59 Å². The van der Waals surface area contributed by atoms with Crippen molar-refractivity contribution in [2.24, 2.45) is 0 Å². The Hall–Kier alpha value is -2.05. The SMILES string of the molecule is CCCCCCCCCCOC(=O)CN(C)C(=O)c1ccc(C(F)(F)F)cc1. The van der Waals surface area contributed by atoms with Gasteiger partial charge in [0.1, 0.15) is 6.54 Å². The van der Waals surface area contributed by atoms with Gasteiger partial charge in [0, 0.05) is 12.6 Å². The van der Waals surface area contributed by atoms with E-state index in [4.69, 9.17) is 4.74 Å². The quantitative estimate of drug-likeness (QED) is 0.345. The molecule has 0 heterocycles. The molecule has 0 fully saturated rings. The number of hydrogen-bond donors (Lipinski definition) is 0. The molecular formula is C21H30F3NO3. The van der Waals surface area contributed by atoms with E-state index in [0.717, 1.165) is 48.4 Å². The maximum Gasteiger partial charge on any atom is 0.416 e. The predicted molar refractivity (Wildman–Crippen MR) is 102 cm³/mol. The van der Waals surface area contributed by atoms with Crippen molar-refractivity contribution in [1.29, 1.82) is 0 Å². The summed E-state index contributed by atoms with van der Waals surface area (Å²) >= 11 is 0. The van der Waals surface area contributed by atoms with Crippen molar-refractivity contribution in [3.63, 3.8) is 0 Å². The first-order chi connectivity index (χ1) is 13.3. The molecule has 0 radical (unpaired) electrons. The minimum absolute atomic E-state index is 0.0892. The van der Waals surface area contributed by atoms with Gasteiger partial charge in [-0.05, 0) is 30.7 Å². The van der Waals surface area contributed by atoms with Crippen LogP contribution in [-0.2, 0) is 15.7 Å². The lowest BCUT2D eigenvalue weighted by molar-refractivity contribution is -0.144. The molecular weight excluding hydrogens is 371 g/mol. The fourth-order valence-electron chi connectivity index (χ4n) is 2.76. The molecule has 0 unspecified atom stereocenters. The summed E-state index contributed by atoms with van der Waals surface area (Å²) in [4.78, 5) is 25.2. The Bertz CT molecular complexity index is 600. The van der Waals surface area contributed by atoms with E-state index in [2.05, 4.69) is 6.92 Å². The summed E-state index contributed by atoms with van der Waals surface area (Å²) in [5, 5.41) is 0. The Kier molecular flexibility index (Phi) is 10.6. The molecule has 0 aromatic heterocycles. The number of ether oxygens (including phenoxy) is 1. The zero-order chi connectivity index (χ0) is 21.0. The van der Waals surface area contributed by atoms with Crippen molar-refractivity contribution >= 4 is 11.9 Å². The molecule has 0 aliphatic heterocycles. The lowest BCUT2D eigenvalue weighted by Crippen LogP contribution is -2.33. The van der Waals surface area contributed by atoms with Crippen molar-refractivity contribution in [3.8, 4) is 0 Å². The molecule has 1 aromatic rings. The summed E-state index contributed by atoms with van der Waals surface area (Å²) in [6, 6.07) is 3.91. The minimum atomic E-state index is -4.45. The standard InChI is InChI=1S/C21H30F3NO3/c1-3-4-5-6-7-8-9-10-15-28-19(26)16-25(2)20(27)17-11-13-18(14-12-17)21(22,23)24/h11-14H,3-10,15-16H2,1-2H3. The van der Waals surface area contributed by atoms with E-state index in [9.17, 15) is 22.8 Å². The van der Waals surface area contributed by atoms with Crippen molar-refractivity contribution < 1.29 is 27.5 Å². The molecule has 0 aliphatic rings. The highest BCUT2D eigenvalue weighted by molar-refractivity contribution is 5.95. The van der Waals surface area contributed by atoms with E-state index < -0.39 is 23.6 Å². The summed E-state index contributed by atoms with van der Waals surface area (Å²) in [7, 11) is 1.41. The number of benzene rings is 1. The molecule has 0 saturated carbocycles.